The van der Waals surface area contributed by atoms with Crippen molar-refractivity contribution >= 4 is 39.7 Å². The molecule has 3 aromatic rings. The van der Waals surface area contributed by atoms with Gasteiger partial charge in [0, 0.05) is 47.4 Å². The first-order valence-electron chi connectivity index (χ1n) is 10.0. The predicted molar refractivity (Wildman–Crippen MR) is 123 cm³/mol. The van der Waals surface area contributed by atoms with E-state index in [1.165, 1.54) is 6.07 Å². The van der Waals surface area contributed by atoms with Gasteiger partial charge in [-0.2, -0.15) is 0 Å². The molecule has 11 heteroatoms. The topological polar surface area (TPSA) is 124 Å². The van der Waals surface area contributed by atoms with Crippen molar-refractivity contribution in [2.75, 3.05) is 43.6 Å². The lowest BCUT2D eigenvalue weighted by Gasteiger charge is -2.26. The second-order valence-corrected chi connectivity index (χ2v) is 8.00. The van der Waals surface area contributed by atoms with Crippen LogP contribution in [0.4, 0.5) is 16.5 Å². The number of hydrogen-bond donors (Lipinski definition) is 1. The van der Waals surface area contributed by atoms with Gasteiger partial charge in [-0.1, -0.05) is 12.1 Å². The molecule has 0 saturated carbocycles. The van der Waals surface area contributed by atoms with Crippen LogP contribution in [-0.4, -0.2) is 55.2 Å². The standard InChI is InChI=1S/C22H20N4O6S/c1-31-21(28)16-10-15(11-18(12-16)26(29)30)20(27)23-17-4-2-14(3-5-17)19-13-33-22(24-19)25-6-8-32-9-7-25/h2-5,10-13H,6-9H2,1H3,(H,23,27). The van der Waals surface area contributed by atoms with Crippen molar-refractivity contribution in [2.45, 2.75) is 0 Å². The number of nitrogens with zero attached hydrogens (tertiary/aromatic N) is 3. The first-order chi connectivity index (χ1) is 15.9. The largest absolute Gasteiger partial charge is 0.465 e. The Morgan fingerprint density at radius 1 is 1.15 bits per heavy atom. The van der Waals surface area contributed by atoms with Gasteiger partial charge in [0.05, 0.1) is 36.5 Å². The Kier molecular flexibility index (Phi) is 6.61. The highest BCUT2D eigenvalue weighted by molar-refractivity contribution is 7.14. The number of carbonyl (C=O) groups is 2. The zero-order valence-corrected chi connectivity index (χ0v) is 18.5. The molecular formula is C22H20N4O6S. The zero-order chi connectivity index (χ0) is 23.4. The number of carbonyl (C=O) groups excluding carboxylic acids is 2. The van der Waals surface area contributed by atoms with E-state index in [-0.39, 0.29) is 16.8 Å². The summed E-state index contributed by atoms with van der Waals surface area (Å²) in [5, 5.41) is 16.8. The molecule has 10 nitrogen and oxygen atoms in total. The SMILES string of the molecule is COC(=O)c1cc(C(=O)Nc2ccc(-c3csc(N4CCOCC4)n3)cc2)cc([N+](=O)[O-])c1. The average Bonchev–Trinajstić information content (AvgIpc) is 3.34. The van der Waals surface area contributed by atoms with Crippen molar-refractivity contribution in [3.63, 3.8) is 0 Å². The van der Waals surface area contributed by atoms with Gasteiger partial charge in [0.25, 0.3) is 11.6 Å². The first-order valence-corrected chi connectivity index (χ1v) is 10.9. The molecule has 0 radical (unpaired) electrons. The molecule has 1 aliphatic heterocycles. The Morgan fingerprint density at radius 2 is 1.85 bits per heavy atom. The van der Waals surface area contributed by atoms with E-state index in [0.717, 1.165) is 48.7 Å². The number of morpholine rings is 1. The van der Waals surface area contributed by atoms with E-state index in [1.54, 1.807) is 23.5 Å². The molecule has 1 aromatic heterocycles. The predicted octanol–water partition coefficient (Wildman–Crippen LogP) is 3.59. The summed E-state index contributed by atoms with van der Waals surface area (Å²) in [6, 6.07) is 10.5. The Labute approximate surface area is 192 Å². The summed E-state index contributed by atoms with van der Waals surface area (Å²) in [5.74, 6) is -1.35. The molecule has 0 unspecified atom stereocenters. The van der Waals surface area contributed by atoms with Crippen LogP contribution in [0, 0.1) is 10.1 Å². The van der Waals surface area contributed by atoms with Crippen molar-refractivity contribution in [1.82, 2.24) is 4.98 Å². The van der Waals surface area contributed by atoms with Crippen molar-refractivity contribution in [3.05, 3.63) is 69.1 Å². The number of amides is 1. The molecule has 33 heavy (non-hydrogen) atoms. The Balaban J connectivity index is 1.48. The lowest BCUT2D eigenvalue weighted by Crippen LogP contribution is -2.36. The second kappa shape index (κ2) is 9.76. The minimum Gasteiger partial charge on any atom is -0.465 e. The van der Waals surface area contributed by atoms with Crippen LogP contribution >= 0.6 is 11.3 Å². The van der Waals surface area contributed by atoms with Crippen LogP contribution in [0.15, 0.2) is 47.8 Å². The average molecular weight is 468 g/mol. The summed E-state index contributed by atoms with van der Waals surface area (Å²) < 4.78 is 9.99. The highest BCUT2D eigenvalue weighted by Crippen LogP contribution is 2.29. The number of nitro benzene ring substituents is 1. The van der Waals surface area contributed by atoms with Gasteiger partial charge < -0.3 is 19.7 Å². The third-order valence-electron chi connectivity index (χ3n) is 5.02. The van der Waals surface area contributed by atoms with Gasteiger partial charge in [0.2, 0.25) is 0 Å². The molecule has 0 bridgehead atoms. The number of methoxy groups -OCH3 is 1. The molecule has 1 saturated heterocycles. The highest BCUT2D eigenvalue weighted by atomic mass is 32.1. The summed E-state index contributed by atoms with van der Waals surface area (Å²) in [5.41, 5.74) is 1.75. The quantitative estimate of drug-likeness (QED) is 0.331. The number of thiazole rings is 1. The molecule has 1 fully saturated rings. The molecule has 1 aliphatic rings. The smallest absolute Gasteiger partial charge is 0.338 e. The van der Waals surface area contributed by atoms with Crippen LogP contribution in [-0.2, 0) is 9.47 Å². The van der Waals surface area contributed by atoms with Gasteiger partial charge in [0.15, 0.2) is 5.13 Å². The maximum atomic E-state index is 12.7. The Hall–Kier alpha value is -3.83. The molecule has 2 aromatic carbocycles. The number of hydrogen-bond acceptors (Lipinski definition) is 9. The maximum Gasteiger partial charge on any atom is 0.338 e. The zero-order valence-electron chi connectivity index (χ0n) is 17.6. The van der Waals surface area contributed by atoms with Crippen LogP contribution < -0.4 is 10.2 Å². The van der Waals surface area contributed by atoms with E-state index in [4.69, 9.17) is 9.72 Å². The fraction of sp³-hybridized carbons (Fsp3) is 0.227. The Morgan fingerprint density at radius 3 is 2.52 bits per heavy atom. The summed E-state index contributed by atoms with van der Waals surface area (Å²) in [6.45, 7) is 3.00. The number of ether oxygens (including phenoxy) is 2. The van der Waals surface area contributed by atoms with Crippen LogP contribution in [0.1, 0.15) is 20.7 Å². The fourth-order valence-electron chi connectivity index (χ4n) is 3.31. The van der Waals surface area contributed by atoms with E-state index >= 15 is 0 Å². The van der Waals surface area contributed by atoms with Crippen molar-refractivity contribution in [2.24, 2.45) is 0 Å². The number of nitro groups is 1. The van der Waals surface area contributed by atoms with Gasteiger partial charge >= 0.3 is 5.97 Å². The molecule has 4 rings (SSSR count). The number of non-ortho nitro benzene ring substituents is 1. The van der Waals surface area contributed by atoms with Crippen molar-refractivity contribution in [3.8, 4) is 11.3 Å². The monoisotopic (exact) mass is 468 g/mol. The Bertz CT molecular complexity index is 1190. The molecule has 0 atom stereocenters. The second-order valence-electron chi connectivity index (χ2n) is 7.16. The summed E-state index contributed by atoms with van der Waals surface area (Å²) in [4.78, 5) is 41.9. The third kappa shape index (κ3) is 5.16. The van der Waals surface area contributed by atoms with E-state index in [1.807, 2.05) is 17.5 Å². The minimum atomic E-state index is -0.767. The van der Waals surface area contributed by atoms with Crippen LogP contribution in [0.25, 0.3) is 11.3 Å². The molecule has 0 spiro atoms. The highest BCUT2D eigenvalue weighted by Gasteiger charge is 2.19. The van der Waals surface area contributed by atoms with Gasteiger partial charge in [-0.15, -0.1) is 11.3 Å². The van der Waals surface area contributed by atoms with Gasteiger partial charge in [0.1, 0.15) is 0 Å². The molecular weight excluding hydrogens is 448 g/mol. The number of aromatic nitrogens is 1. The lowest BCUT2D eigenvalue weighted by molar-refractivity contribution is -0.384. The lowest BCUT2D eigenvalue weighted by atomic mass is 10.1. The fourth-order valence-corrected chi connectivity index (χ4v) is 4.20. The summed E-state index contributed by atoms with van der Waals surface area (Å²) in [6.07, 6.45) is 0. The van der Waals surface area contributed by atoms with Gasteiger partial charge in [-0.3, -0.25) is 14.9 Å². The van der Waals surface area contributed by atoms with Crippen molar-refractivity contribution in [1.29, 1.82) is 0 Å². The van der Waals surface area contributed by atoms with Gasteiger partial charge in [-0.25, -0.2) is 9.78 Å². The molecule has 1 N–H and O–H groups in total. The molecule has 2 heterocycles. The van der Waals surface area contributed by atoms with E-state index in [2.05, 4.69) is 15.0 Å². The molecule has 170 valence electrons. The van der Waals surface area contributed by atoms with Crippen LogP contribution in [0.5, 0.6) is 0 Å². The normalized spacial score (nSPS) is 13.4. The first kappa shape index (κ1) is 22.4. The summed E-state index contributed by atoms with van der Waals surface area (Å²) >= 11 is 1.57. The third-order valence-corrected chi connectivity index (χ3v) is 5.93. The number of nitrogens with one attached hydrogen (secondary N) is 1. The van der Waals surface area contributed by atoms with E-state index in [9.17, 15) is 19.7 Å². The van der Waals surface area contributed by atoms with Crippen molar-refractivity contribution < 1.29 is 24.0 Å². The van der Waals surface area contributed by atoms with Crippen LogP contribution in [0.3, 0.4) is 0 Å². The number of esters is 1. The minimum absolute atomic E-state index is 0.0247. The number of benzene rings is 2. The van der Waals surface area contributed by atoms with Crippen LogP contribution in [0.2, 0.25) is 0 Å². The summed E-state index contributed by atoms with van der Waals surface area (Å²) in [7, 11) is 1.16. The van der Waals surface area contributed by atoms with Gasteiger partial charge in [-0.05, 0) is 18.2 Å². The molecule has 1 amide bonds. The maximum absolute atomic E-state index is 12.7. The van der Waals surface area contributed by atoms with E-state index < -0.39 is 16.8 Å². The van der Waals surface area contributed by atoms with E-state index in [0.29, 0.717) is 18.9 Å². The molecule has 0 aliphatic carbocycles. The number of anilines is 2. The number of rotatable bonds is 6.